The number of hydrogen-bond acceptors (Lipinski definition) is 5. The summed E-state index contributed by atoms with van der Waals surface area (Å²) in [6.45, 7) is 1.55. The summed E-state index contributed by atoms with van der Waals surface area (Å²) in [6, 6.07) is 18.4. The molecule has 0 heterocycles. The van der Waals surface area contributed by atoms with Gasteiger partial charge in [0.25, 0.3) is 0 Å². The molecule has 0 aromatic heterocycles. The Morgan fingerprint density at radius 1 is 1.03 bits per heavy atom. The number of halogens is 1. The number of nitrogens with zero attached hydrogens (tertiary/aromatic N) is 1. The van der Waals surface area contributed by atoms with Crippen molar-refractivity contribution in [1.29, 1.82) is 0 Å². The molecule has 0 saturated carbocycles. The van der Waals surface area contributed by atoms with Crippen molar-refractivity contribution in [2.24, 2.45) is 5.73 Å². The quantitative estimate of drug-likeness (QED) is 0.443. The molecule has 33 heavy (non-hydrogen) atoms. The van der Waals surface area contributed by atoms with Crippen LogP contribution in [0.2, 0.25) is 0 Å². The number of aryl methyl sites for hydroxylation is 1. The van der Waals surface area contributed by atoms with E-state index in [1.807, 2.05) is 0 Å². The Morgan fingerprint density at radius 3 is 2.21 bits per heavy atom. The molecule has 0 aliphatic heterocycles. The molecule has 0 radical (unpaired) electrons. The van der Waals surface area contributed by atoms with E-state index in [-0.39, 0.29) is 11.4 Å². The number of carbonyl (C=O) groups excluding carboxylic acids is 2. The highest BCUT2D eigenvalue weighted by Gasteiger charge is 2.37. The Kier molecular flexibility index (Phi) is 7.68. The number of carbonyl (C=O) groups is 2. The maximum Gasteiger partial charge on any atom is 0.337 e. The Hall–Kier alpha value is -3.01. The third-order valence-electron chi connectivity index (χ3n) is 5.11. The lowest BCUT2D eigenvalue weighted by Crippen LogP contribution is -2.41. The molecule has 0 aliphatic carbocycles. The standard InChI is InChI=1S/C24H23BrN2O5S/c1-16-14-20(25)12-13-21(16)33(30,31)27(22(23(26)28)18-6-4-3-5-7-18)15-17-8-10-19(11-9-17)24(29)32-2/h3-14,22H,15H2,1-2H3,(H2,26,28)/t22-/m1/s1. The second-order valence-electron chi connectivity index (χ2n) is 7.36. The fourth-order valence-corrected chi connectivity index (χ4v) is 5.75. The van der Waals surface area contributed by atoms with Gasteiger partial charge in [-0.2, -0.15) is 4.31 Å². The first-order chi connectivity index (χ1) is 15.6. The van der Waals surface area contributed by atoms with E-state index >= 15 is 0 Å². The number of hydrogen-bond donors (Lipinski definition) is 1. The summed E-state index contributed by atoms with van der Waals surface area (Å²) in [5, 5.41) is 0. The van der Waals surface area contributed by atoms with Gasteiger partial charge in [-0.3, -0.25) is 4.79 Å². The first-order valence-corrected chi connectivity index (χ1v) is 12.2. The van der Waals surface area contributed by atoms with E-state index < -0.39 is 27.9 Å². The maximum absolute atomic E-state index is 13.8. The van der Waals surface area contributed by atoms with Crippen molar-refractivity contribution >= 4 is 37.8 Å². The van der Waals surface area contributed by atoms with Crippen LogP contribution in [0.4, 0.5) is 0 Å². The summed E-state index contributed by atoms with van der Waals surface area (Å²) in [7, 11) is -2.87. The van der Waals surface area contributed by atoms with Crippen LogP contribution in [-0.2, 0) is 26.1 Å². The van der Waals surface area contributed by atoms with Gasteiger partial charge in [-0.15, -0.1) is 0 Å². The van der Waals surface area contributed by atoms with Crippen LogP contribution in [0.15, 0.2) is 82.2 Å². The first kappa shape index (κ1) is 24.6. The lowest BCUT2D eigenvalue weighted by molar-refractivity contribution is -0.122. The number of amides is 1. The molecular formula is C24H23BrN2O5S. The summed E-state index contributed by atoms with van der Waals surface area (Å²) >= 11 is 3.35. The highest BCUT2D eigenvalue weighted by atomic mass is 79.9. The Labute approximate surface area is 201 Å². The van der Waals surface area contributed by atoms with Crippen molar-refractivity contribution in [2.45, 2.75) is 24.4 Å². The molecule has 9 heteroatoms. The Bertz CT molecular complexity index is 1260. The molecule has 3 aromatic carbocycles. The van der Waals surface area contributed by atoms with Gasteiger partial charge in [0, 0.05) is 11.0 Å². The molecule has 3 aromatic rings. The number of rotatable bonds is 8. The van der Waals surface area contributed by atoms with Crippen molar-refractivity contribution in [3.05, 3.63) is 99.5 Å². The minimum atomic E-state index is -4.15. The van der Waals surface area contributed by atoms with Crippen molar-refractivity contribution in [2.75, 3.05) is 7.11 Å². The molecule has 0 spiro atoms. The molecule has 0 bridgehead atoms. The van der Waals surface area contributed by atoms with E-state index in [9.17, 15) is 18.0 Å². The molecule has 0 fully saturated rings. The van der Waals surface area contributed by atoms with Crippen LogP contribution in [0, 0.1) is 6.92 Å². The molecule has 1 atom stereocenters. The minimum absolute atomic E-state index is 0.0686. The molecule has 0 unspecified atom stereocenters. The Morgan fingerprint density at radius 2 is 1.67 bits per heavy atom. The van der Waals surface area contributed by atoms with Gasteiger partial charge in [0.15, 0.2) is 0 Å². The monoisotopic (exact) mass is 530 g/mol. The number of benzene rings is 3. The van der Waals surface area contributed by atoms with Gasteiger partial charge >= 0.3 is 5.97 Å². The van der Waals surface area contributed by atoms with Gasteiger partial charge in [-0.25, -0.2) is 13.2 Å². The summed E-state index contributed by atoms with van der Waals surface area (Å²) in [5.74, 6) is -1.30. The normalized spacial score (nSPS) is 12.4. The third kappa shape index (κ3) is 5.50. The van der Waals surface area contributed by atoms with Gasteiger partial charge in [0.2, 0.25) is 15.9 Å². The molecule has 7 nitrogen and oxygen atoms in total. The van der Waals surface area contributed by atoms with E-state index in [1.54, 1.807) is 73.7 Å². The molecule has 0 saturated heterocycles. The van der Waals surface area contributed by atoms with Crippen molar-refractivity contribution in [3.63, 3.8) is 0 Å². The largest absolute Gasteiger partial charge is 0.465 e. The van der Waals surface area contributed by atoms with Crippen LogP contribution in [0.1, 0.15) is 33.1 Å². The second-order valence-corrected chi connectivity index (χ2v) is 10.1. The average Bonchev–Trinajstić information content (AvgIpc) is 2.78. The fraction of sp³-hybridized carbons (Fsp3) is 0.167. The van der Waals surface area contributed by atoms with Gasteiger partial charge in [0.1, 0.15) is 6.04 Å². The zero-order valence-electron chi connectivity index (χ0n) is 18.1. The van der Waals surface area contributed by atoms with Crippen LogP contribution in [0.3, 0.4) is 0 Å². The topological polar surface area (TPSA) is 107 Å². The lowest BCUT2D eigenvalue weighted by atomic mass is 10.1. The number of ether oxygens (including phenoxy) is 1. The summed E-state index contributed by atoms with van der Waals surface area (Å²) in [5.41, 5.74) is 7.60. The van der Waals surface area contributed by atoms with E-state index in [4.69, 9.17) is 10.5 Å². The second kappa shape index (κ2) is 10.3. The highest BCUT2D eigenvalue weighted by molar-refractivity contribution is 9.10. The van der Waals surface area contributed by atoms with Crippen molar-refractivity contribution < 1.29 is 22.7 Å². The molecule has 0 aliphatic rings. The number of primary amides is 1. The number of nitrogens with two attached hydrogens (primary N) is 1. The van der Waals surface area contributed by atoms with Crippen molar-refractivity contribution in [1.82, 2.24) is 4.31 Å². The van der Waals surface area contributed by atoms with Crippen LogP contribution >= 0.6 is 15.9 Å². The van der Waals surface area contributed by atoms with E-state index in [2.05, 4.69) is 15.9 Å². The predicted octanol–water partition coefficient (Wildman–Crippen LogP) is 3.96. The van der Waals surface area contributed by atoms with Crippen LogP contribution < -0.4 is 5.73 Å². The number of methoxy groups -OCH3 is 1. The van der Waals surface area contributed by atoms with Crippen molar-refractivity contribution in [3.8, 4) is 0 Å². The summed E-state index contributed by atoms with van der Waals surface area (Å²) in [6.07, 6.45) is 0. The van der Waals surface area contributed by atoms with Crippen LogP contribution in [-0.4, -0.2) is 31.7 Å². The first-order valence-electron chi connectivity index (χ1n) is 9.94. The number of sulfonamides is 1. The van der Waals surface area contributed by atoms with Gasteiger partial charge in [-0.1, -0.05) is 58.4 Å². The van der Waals surface area contributed by atoms with E-state index in [0.717, 1.165) is 8.78 Å². The van der Waals surface area contributed by atoms with Crippen LogP contribution in [0.5, 0.6) is 0 Å². The van der Waals surface area contributed by atoms with Gasteiger partial charge in [-0.05, 0) is 53.9 Å². The van der Waals surface area contributed by atoms with E-state index in [1.165, 1.54) is 13.2 Å². The SMILES string of the molecule is COC(=O)c1ccc(CN([C@@H](C(N)=O)c2ccccc2)S(=O)(=O)c2ccc(Br)cc2C)cc1. The molecule has 172 valence electrons. The van der Waals surface area contributed by atoms with Crippen LogP contribution in [0.25, 0.3) is 0 Å². The van der Waals surface area contributed by atoms with Gasteiger partial charge in [0.05, 0.1) is 17.6 Å². The summed E-state index contributed by atoms with van der Waals surface area (Å²) < 4.78 is 34.2. The van der Waals surface area contributed by atoms with Gasteiger partial charge < -0.3 is 10.5 Å². The average molecular weight is 531 g/mol. The van der Waals surface area contributed by atoms with E-state index in [0.29, 0.717) is 22.3 Å². The molecule has 1 amide bonds. The maximum atomic E-state index is 13.8. The third-order valence-corrected chi connectivity index (χ3v) is 7.57. The zero-order valence-corrected chi connectivity index (χ0v) is 20.5. The lowest BCUT2D eigenvalue weighted by Gasteiger charge is -2.30. The molecule has 2 N–H and O–H groups in total. The number of esters is 1. The smallest absolute Gasteiger partial charge is 0.337 e. The molecule has 3 rings (SSSR count). The fourth-order valence-electron chi connectivity index (χ4n) is 3.50. The molecular weight excluding hydrogens is 508 g/mol. The summed E-state index contributed by atoms with van der Waals surface area (Å²) in [4.78, 5) is 24.4. The minimum Gasteiger partial charge on any atom is -0.465 e. The Balaban J connectivity index is 2.13. The zero-order chi connectivity index (χ0) is 24.2. The predicted molar refractivity (Wildman–Crippen MR) is 128 cm³/mol. The highest BCUT2D eigenvalue weighted by Crippen LogP contribution is 2.32.